The number of phenols is 1. The Morgan fingerprint density at radius 2 is 2.00 bits per heavy atom. The highest BCUT2D eigenvalue weighted by atomic mass is 35.7. The second-order valence-electron chi connectivity index (χ2n) is 3.17. The smallest absolute Gasteiger partial charge is 0.233 e. The molecule has 0 aliphatic heterocycles. The first-order chi connectivity index (χ1) is 6.40. The molecule has 14 heavy (non-hydrogen) atoms. The molecule has 0 heterocycles. The highest BCUT2D eigenvalue weighted by Gasteiger charge is 2.16. The number of aromatic hydroxyl groups is 1. The Hall–Kier alpha value is -0.740. The van der Waals surface area contributed by atoms with Crippen molar-refractivity contribution >= 4 is 19.7 Å². The average molecular weight is 235 g/mol. The fourth-order valence-electron chi connectivity index (χ4n) is 1.29. The molecule has 1 unspecified atom stereocenters. The van der Waals surface area contributed by atoms with E-state index in [0.717, 1.165) is 0 Å². The van der Waals surface area contributed by atoms with Crippen LogP contribution in [-0.4, -0.2) is 19.3 Å². The summed E-state index contributed by atoms with van der Waals surface area (Å²) in [5.41, 5.74) is 0.594. The van der Waals surface area contributed by atoms with Crippen molar-refractivity contribution in [2.24, 2.45) is 0 Å². The van der Waals surface area contributed by atoms with Gasteiger partial charge in [0.15, 0.2) is 0 Å². The summed E-state index contributed by atoms with van der Waals surface area (Å²) in [5, 5.41) is 9.44. The van der Waals surface area contributed by atoms with Gasteiger partial charge in [-0.25, -0.2) is 8.42 Å². The molecule has 3 nitrogen and oxygen atoms in total. The summed E-state index contributed by atoms with van der Waals surface area (Å²) >= 11 is 0. The van der Waals surface area contributed by atoms with Gasteiger partial charge in [0.1, 0.15) is 5.75 Å². The molecule has 1 N–H and O–H groups in total. The first-order valence-corrected chi connectivity index (χ1v) is 6.58. The van der Waals surface area contributed by atoms with E-state index in [0.29, 0.717) is 5.56 Å². The number of halogens is 1. The molecule has 0 spiro atoms. The van der Waals surface area contributed by atoms with Crippen LogP contribution >= 0.6 is 10.7 Å². The summed E-state index contributed by atoms with van der Waals surface area (Å²) in [6, 6.07) is 6.63. The number of hydrogen-bond donors (Lipinski definition) is 1. The minimum atomic E-state index is -3.53. The van der Waals surface area contributed by atoms with Crippen LogP contribution in [0, 0.1) is 0 Å². The molecule has 0 saturated carbocycles. The van der Waals surface area contributed by atoms with Gasteiger partial charge >= 0.3 is 0 Å². The monoisotopic (exact) mass is 234 g/mol. The second kappa shape index (κ2) is 4.19. The molecule has 0 fully saturated rings. The zero-order valence-corrected chi connectivity index (χ0v) is 9.22. The number of rotatable bonds is 3. The Morgan fingerprint density at radius 1 is 1.43 bits per heavy atom. The van der Waals surface area contributed by atoms with Gasteiger partial charge in [-0.2, -0.15) is 0 Å². The van der Waals surface area contributed by atoms with Crippen molar-refractivity contribution in [2.75, 3.05) is 5.75 Å². The maximum atomic E-state index is 10.8. The Kier molecular flexibility index (Phi) is 3.39. The molecule has 0 aromatic heterocycles. The maximum absolute atomic E-state index is 10.8. The Morgan fingerprint density at radius 3 is 2.50 bits per heavy atom. The van der Waals surface area contributed by atoms with Crippen molar-refractivity contribution in [3.05, 3.63) is 29.8 Å². The van der Waals surface area contributed by atoms with Crippen LogP contribution in [0.15, 0.2) is 24.3 Å². The SMILES string of the molecule is CC(CS(=O)(=O)Cl)c1ccccc1O. The lowest BCUT2D eigenvalue weighted by atomic mass is 10.0. The number of phenolic OH excluding ortho intramolecular Hbond substituents is 1. The van der Waals surface area contributed by atoms with E-state index < -0.39 is 9.05 Å². The van der Waals surface area contributed by atoms with Gasteiger partial charge < -0.3 is 5.11 Å². The predicted octanol–water partition coefficient (Wildman–Crippen LogP) is 2.06. The van der Waals surface area contributed by atoms with Gasteiger partial charge in [-0.15, -0.1) is 0 Å². The van der Waals surface area contributed by atoms with E-state index in [-0.39, 0.29) is 17.4 Å². The van der Waals surface area contributed by atoms with Crippen LogP contribution in [0.5, 0.6) is 5.75 Å². The van der Waals surface area contributed by atoms with Crippen LogP contribution in [0.25, 0.3) is 0 Å². The van der Waals surface area contributed by atoms with Gasteiger partial charge in [-0.05, 0) is 17.5 Å². The molecule has 0 radical (unpaired) electrons. The molecule has 0 bridgehead atoms. The third-order valence-electron chi connectivity index (χ3n) is 1.92. The van der Waals surface area contributed by atoms with E-state index in [1.54, 1.807) is 25.1 Å². The molecule has 1 aromatic rings. The maximum Gasteiger partial charge on any atom is 0.233 e. The lowest BCUT2D eigenvalue weighted by Crippen LogP contribution is -2.06. The molecule has 1 atom stereocenters. The van der Waals surface area contributed by atoms with Gasteiger partial charge in [0.2, 0.25) is 9.05 Å². The molecule has 5 heteroatoms. The van der Waals surface area contributed by atoms with Gasteiger partial charge in [-0.3, -0.25) is 0 Å². The summed E-state index contributed by atoms with van der Waals surface area (Å²) in [7, 11) is 1.59. The summed E-state index contributed by atoms with van der Waals surface area (Å²) in [6.07, 6.45) is 0. The van der Waals surface area contributed by atoms with Crippen LogP contribution in [-0.2, 0) is 9.05 Å². The first-order valence-electron chi connectivity index (χ1n) is 4.10. The molecular formula is C9H11ClO3S. The number of para-hydroxylation sites is 1. The van der Waals surface area contributed by atoms with E-state index in [9.17, 15) is 13.5 Å². The Labute approximate surface area is 87.8 Å². The van der Waals surface area contributed by atoms with Gasteiger partial charge in [-0.1, -0.05) is 25.1 Å². The fourth-order valence-corrected chi connectivity index (χ4v) is 2.64. The average Bonchev–Trinajstić information content (AvgIpc) is 2.01. The van der Waals surface area contributed by atoms with Gasteiger partial charge in [0.05, 0.1) is 5.75 Å². The van der Waals surface area contributed by atoms with Crippen LogP contribution in [0.4, 0.5) is 0 Å². The second-order valence-corrected chi connectivity index (χ2v) is 5.99. The van der Waals surface area contributed by atoms with E-state index in [1.165, 1.54) is 6.07 Å². The Bertz CT molecular complexity index is 414. The molecule has 0 amide bonds. The third kappa shape index (κ3) is 3.20. The van der Waals surface area contributed by atoms with Crippen LogP contribution < -0.4 is 0 Å². The highest BCUT2D eigenvalue weighted by molar-refractivity contribution is 8.13. The van der Waals surface area contributed by atoms with E-state index >= 15 is 0 Å². The van der Waals surface area contributed by atoms with Crippen molar-refractivity contribution in [1.82, 2.24) is 0 Å². The third-order valence-corrected chi connectivity index (χ3v) is 3.19. The summed E-state index contributed by atoms with van der Waals surface area (Å²) in [5.74, 6) is -0.384. The zero-order chi connectivity index (χ0) is 10.8. The van der Waals surface area contributed by atoms with Crippen molar-refractivity contribution in [2.45, 2.75) is 12.8 Å². The normalized spacial score (nSPS) is 13.9. The van der Waals surface area contributed by atoms with Gasteiger partial charge in [0, 0.05) is 10.7 Å². The van der Waals surface area contributed by atoms with E-state index in [2.05, 4.69) is 0 Å². The lowest BCUT2D eigenvalue weighted by molar-refractivity contribution is 0.465. The van der Waals surface area contributed by atoms with Gasteiger partial charge in [0.25, 0.3) is 0 Å². The van der Waals surface area contributed by atoms with Crippen LogP contribution in [0.3, 0.4) is 0 Å². The van der Waals surface area contributed by atoms with Crippen molar-refractivity contribution in [1.29, 1.82) is 0 Å². The minimum Gasteiger partial charge on any atom is -0.508 e. The molecule has 0 saturated heterocycles. The number of benzene rings is 1. The quantitative estimate of drug-likeness (QED) is 0.815. The molecule has 1 rings (SSSR count). The molecule has 78 valence electrons. The van der Waals surface area contributed by atoms with E-state index in [1.807, 2.05) is 0 Å². The zero-order valence-electron chi connectivity index (χ0n) is 7.64. The van der Waals surface area contributed by atoms with Crippen molar-refractivity contribution in [3.8, 4) is 5.75 Å². The molecular weight excluding hydrogens is 224 g/mol. The van der Waals surface area contributed by atoms with Crippen molar-refractivity contribution in [3.63, 3.8) is 0 Å². The first kappa shape index (κ1) is 11.3. The van der Waals surface area contributed by atoms with E-state index in [4.69, 9.17) is 10.7 Å². The van der Waals surface area contributed by atoms with Crippen LogP contribution in [0.1, 0.15) is 18.4 Å². The standard InChI is InChI=1S/C9H11ClO3S/c1-7(6-14(10,12)13)8-4-2-3-5-9(8)11/h2-5,7,11H,6H2,1H3. The summed E-state index contributed by atoms with van der Waals surface area (Å²) < 4.78 is 21.6. The topological polar surface area (TPSA) is 54.4 Å². The number of hydrogen-bond acceptors (Lipinski definition) is 3. The molecule has 0 aliphatic rings. The highest BCUT2D eigenvalue weighted by Crippen LogP contribution is 2.26. The van der Waals surface area contributed by atoms with Crippen molar-refractivity contribution < 1.29 is 13.5 Å². The van der Waals surface area contributed by atoms with Crippen LogP contribution in [0.2, 0.25) is 0 Å². The summed E-state index contributed by atoms with van der Waals surface area (Å²) in [4.78, 5) is 0. The molecule has 0 aliphatic carbocycles. The largest absolute Gasteiger partial charge is 0.508 e. The minimum absolute atomic E-state index is 0.0975. The fraction of sp³-hybridized carbons (Fsp3) is 0.333. The predicted molar refractivity (Wildman–Crippen MR) is 56.2 cm³/mol. The lowest BCUT2D eigenvalue weighted by Gasteiger charge is -2.10. The molecule has 1 aromatic carbocycles. The Balaban J connectivity index is 2.90. The summed E-state index contributed by atoms with van der Waals surface area (Å²) in [6.45, 7) is 1.70.